The smallest absolute Gasteiger partial charge is 0.191 e. The quantitative estimate of drug-likeness (QED) is 0.599. The van der Waals surface area contributed by atoms with Crippen molar-refractivity contribution in [1.82, 2.24) is 10.6 Å². The Balaban J connectivity index is 2.02. The number of nitrogens with zero attached hydrogens (tertiary/aromatic N) is 1. The number of hydrogen-bond acceptors (Lipinski definition) is 3. The van der Waals surface area contributed by atoms with Gasteiger partial charge in [0.05, 0.1) is 20.8 Å². The Kier molecular flexibility index (Phi) is 7.14. The van der Waals surface area contributed by atoms with Gasteiger partial charge in [0.2, 0.25) is 0 Å². The number of nitrogens with one attached hydrogen (secondary N) is 2. The maximum absolute atomic E-state index is 5.46. The number of guanidine groups is 1. The Morgan fingerprint density at radius 2 is 1.76 bits per heavy atom. The fourth-order valence-electron chi connectivity index (χ4n) is 2.42. The van der Waals surface area contributed by atoms with Crippen molar-refractivity contribution in [2.45, 2.75) is 26.9 Å². The fraction of sp³-hybridized carbons (Fsp3) is 0.350. The molecule has 25 heavy (non-hydrogen) atoms. The lowest BCUT2D eigenvalue weighted by Crippen LogP contribution is -2.36. The van der Waals surface area contributed by atoms with Crippen LogP contribution >= 0.6 is 0 Å². The van der Waals surface area contributed by atoms with Crippen LogP contribution in [0.1, 0.15) is 23.6 Å². The van der Waals surface area contributed by atoms with Crippen LogP contribution in [0.3, 0.4) is 0 Å². The van der Waals surface area contributed by atoms with Crippen LogP contribution in [0.4, 0.5) is 0 Å². The van der Waals surface area contributed by atoms with Gasteiger partial charge in [0, 0.05) is 18.7 Å². The van der Waals surface area contributed by atoms with Crippen molar-refractivity contribution >= 4 is 5.96 Å². The third-order valence-corrected chi connectivity index (χ3v) is 3.81. The van der Waals surface area contributed by atoms with E-state index < -0.39 is 0 Å². The molecule has 0 radical (unpaired) electrons. The summed E-state index contributed by atoms with van der Waals surface area (Å²) in [5.74, 6) is 2.52. The summed E-state index contributed by atoms with van der Waals surface area (Å²) in [4.78, 5) is 4.64. The van der Waals surface area contributed by atoms with Gasteiger partial charge in [0.25, 0.3) is 0 Å². The monoisotopic (exact) mass is 341 g/mol. The predicted octanol–water partition coefficient (Wildman–Crippen LogP) is 3.27. The maximum atomic E-state index is 5.46. The van der Waals surface area contributed by atoms with E-state index in [0.29, 0.717) is 13.1 Å². The van der Waals surface area contributed by atoms with Crippen molar-refractivity contribution in [1.29, 1.82) is 0 Å². The van der Waals surface area contributed by atoms with Crippen LogP contribution in [0.2, 0.25) is 0 Å². The molecule has 0 aliphatic heterocycles. The second kappa shape index (κ2) is 9.57. The first-order chi connectivity index (χ1) is 12.2. The topological polar surface area (TPSA) is 54.9 Å². The van der Waals surface area contributed by atoms with Crippen molar-refractivity contribution in [2.24, 2.45) is 4.99 Å². The van der Waals surface area contributed by atoms with Crippen LogP contribution in [0.15, 0.2) is 47.5 Å². The molecular formula is C20H27N3O2. The Hall–Kier alpha value is -2.69. The van der Waals surface area contributed by atoms with E-state index >= 15 is 0 Å². The van der Waals surface area contributed by atoms with Gasteiger partial charge in [-0.3, -0.25) is 0 Å². The highest BCUT2D eigenvalue weighted by Crippen LogP contribution is 2.19. The average molecular weight is 341 g/mol. The lowest BCUT2D eigenvalue weighted by atomic mass is 10.1. The van der Waals surface area contributed by atoms with E-state index in [0.717, 1.165) is 35.1 Å². The number of benzene rings is 2. The van der Waals surface area contributed by atoms with Crippen molar-refractivity contribution in [3.8, 4) is 11.5 Å². The van der Waals surface area contributed by atoms with Crippen LogP contribution in [0, 0.1) is 6.92 Å². The number of aryl methyl sites for hydroxylation is 1. The van der Waals surface area contributed by atoms with E-state index in [1.165, 1.54) is 5.56 Å². The second-order valence-corrected chi connectivity index (χ2v) is 5.71. The van der Waals surface area contributed by atoms with Crippen LogP contribution < -0.4 is 20.1 Å². The van der Waals surface area contributed by atoms with Gasteiger partial charge in [-0.05, 0) is 43.2 Å². The molecule has 0 spiro atoms. The van der Waals surface area contributed by atoms with Crippen molar-refractivity contribution < 1.29 is 9.47 Å². The molecule has 5 heteroatoms. The molecule has 0 unspecified atom stereocenters. The third-order valence-electron chi connectivity index (χ3n) is 3.81. The Bertz CT molecular complexity index is 697. The molecule has 0 saturated carbocycles. The summed E-state index contributed by atoms with van der Waals surface area (Å²) in [6, 6.07) is 14.1. The first-order valence-electron chi connectivity index (χ1n) is 8.45. The van der Waals surface area contributed by atoms with Crippen LogP contribution in [-0.4, -0.2) is 26.7 Å². The molecule has 0 bridgehead atoms. The third kappa shape index (κ3) is 5.71. The van der Waals surface area contributed by atoms with Gasteiger partial charge in [-0.25, -0.2) is 4.99 Å². The summed E-state index contributed by atoms with van der Waals surface area (Å²) in [6.07, 6.45) is 0. The molecule has 2 aromatic carbocycles. The highest BCUT2D eigenvalue weighted by atomic mass is 16.5. The molecule has 5 nitrogen and oxygen atoms in total. The highest BCUT2D eigenvalue weighted by Gasteiger charge is 2.05. The van der Waals surface area contributed by atoms with E-state index in [-0.39, 0.29) is 0 Å². The molecule has 0 saturated heterocycles. The first kappa shape index (κ1) is 18.6. The van der Waals surface area contributed by atoms with Gasteiger partial charge >= 0.3 is 0 Å². The maximum Gasteiger partial charge on any atom is 0.191 e. The summed E-state index contributed by atoms with van der Waals surface area (Å²) >= 11 is 0. The number of methoxy groups -OCH3 is 2. The van der Waals surface area contributed by atoms with Gasteiger partial charge in [-0.2, -0.15) is 0 Å². The van der Waals surface area contributed by atoms with Gasteiger partial charge in [-0.15, -0.1) is 0 Å². The van der Waals surface area contributed by atoms with E-state index in [1.54, 1.807) is 14.2 Å². The second-order valence-electron chi connectivity index (χ2n) is 5.71. The van der Waals surface area contributed by atoms with E-state index in [2.05, 4.69) is 41.6 Å². The highest BCUT2D eigenvalue weighted by molar-refractivity contribution is 5.79. The molecule has 0 heterocycles. The van der Waals surface area contributed by atoms with Crippen molar-refractivity contribution in [3.05, 3.63) is 59.2 Å². The SMILES string of the molecule is CCNC(=NCc1ccc(OC)cc1)NCc1ccc(C)cc1OC. The molecule has 134 valence electrons. The Labute approximate surface area is 150 Å². The minimum Gasteiger partial charge on any atom is -0.497 e. The number of rotatable bonds is 7. The van der Waals surface area contributed by atoms with Gasteiger partial charge in [0.1, 0.15) is 11.5 Å². The summed E-state index contributed by atoms with van der Waals surface area (Å²) in [5.41, 5.74) is 3.41. The van der Waals surface area contributed by atoms with Crippen molar-refractivity contribution in [2.75, 3.05) is 20.8 Å². The molecule has 0 aliphatic carbocycles. The average Bonchev–Trinajstić information content (AvgIpc) is 2.65. The zero-order valence-corrected chi connectivity index (χ0v) is 15.4. The Morgan fingerprint density at radius 1 is 1.00 bits per heavy atom. The summed E-state index contributed by atoms with van der Waals surface area (Å²) < 4.78 is 10.6. The molecule has 0 fully saturated rings. The van der Waals surface area contributed by atoms with Crippen molar-refractivity contribution in [3.63, 3.8) is 0 Å². The van der Waals surface area contributed by atoms with Gasteiger partial charge < -0.3 is 20.1 Å². The number of aliphatic imine (C=N–C) groups is 1. The zero-order chi connectivity index (χ0) is 18.1. The number of hydrogen-bond donors (Lipinski definition) is 2. The van der Waals surface area contributed by atoms with Crippen LogP contribution in [0.5, 0.6) is 11.5 Å². The normalized spacial score (nSPS) is 11.1. The lowest BCUT2D eigenvalue weighted by molar-refractivity contribution is 0.408. The van der Waals surface area contributed by atoms with Gasteiger partial charge in [-0.1, -0.05) is 24.3 Å². The minimum atomic E-state index is 0.602. The fourth-order valence-corrected chi connectivity index (χ4v) is 2.42. The standard InChI is InChI=1S/C20H27N3O2/c1-5-21-20(22-13-16-7-10-18(24-3)11-8-16)23-14-17-9-6-15(2)12-19(17)25-4/h6-12H,5,13-14H2,1-4H3,(H2,21,22,23). The molecule has 2 N–H and O–H groups in total. The van der Waals surface area contributed by atoms with Crippen LogP contribution in [0.25, 0.3) is 0 Å². The molecular weight excluding hydrogens is 314 g/mol. The minimum absolute atomic E-state index is 0.602. The zero-order valence-electron chi connectivity index (χ0n) is 15.4. The largest absolute Gasteiger partial charge is 0.497 e. The molecule has 0 aromatic heterocycles. The van der Waals surface area contributed by atoms with E-state index in [9.17, 15) is 0 Å². The predicted molar refractivity (Wildman–Crippen MR) is 102 cm³/mol. The lowest BCUT2D eigenvalue weighted by Gasteiger charge is -2.14. The first-order valence-corrected chi connectivity index (χ1v) is 8.45. The molecule has 2 rings (SSSR count). The summed E-state index contributed by atoms with van der Waals surface area (Å²) in [6.45, 7) is 6.17. The summed E-state index contributed by atoms with van der Waals surface area (Å²) in [7, 11) is 3.36. The molecule has 2 aromatic rings. The number of ether oxygens (including phenoxy) is 2. The molecule has 0 amide bonds. The summed E-state index contributed by atoms with van der Waals surface area (Å²) in [5, 5.41) is 6.63. The van der Waals surface area contributed by atoms with E-state index in [1.807, 2.05) is 30.3 Å². The van der Waals surface area contributed by atoms with Crippen LogP contribution in [-0.2, 0) is 13.1 Å². The van der Waals surface area contributed by atoms with Gasteiger partial charge in [0.15, 0.2) is 5.96 Å². The Morgan fingerprint density at radius 3 is 2.40 bits per heavy atom. The molecule has 0 atom stereocenters. The van der Waals surface area contributed by atoms with E-state index in [4.69, 9.17) is 9.47 Å². The molecule has 0 aliphatic rings.